The van der Waals surface area contributed by atoms with Crippen molar-refractivity contribution in [2.75, 3.05) is 7.05 Å². The summed E-state index contributed by atoms with van der Waals surface area (Å²) in [5, 5.41) is 0. The van der Waals surface area contributed by atoms with Crippen LogP contribution in [-0.4, -0.2) is 22.8 Å². The second-order valence-electron chi connectivity index (χ2n) is 6.86. The van der Waals surface area contributed by atoms with E-state index in [0.29, 0.717) is 30.1 Å². The van der Waals surface area contributed by atoms with E-state index in [4.69, 9.17) is 4.42 Å². The van der Waals surface area contributed by atoms with Gasteiger partial charge in [-0.3, -0.25) is 4.79 Å². The van der Waals surface area contributed by atoms with Gasteiger partial charge in [0, 0.05) is 19.9 Å². The van der Waals surface area contributed by atoms with Gasteiger partial charge in [0.25, 0.3) is 0 Å². The van der Waals surface area contributed by atoms with Crippen LogP contribution in [0.1, 0.15) is 35.9 Å². The Morgan fingerprint density at radius 3 is 2.85 bits per heavy atom. The highest BCUT2D eigenvalue weighted by Gasteiger charge is 2.28. The first kappa shape index (κ1) is 17.5. The van der Waals surface area contributed by atoms with E-state index in [1.54, 1.807) is 18.2 Å². The molecule has 1 amide bonds. The molecular formula is C22H21FN2O2. The summed E-state index contributed by atoms with van der Waals surface area (Å²) in [5.74, 6) is 0.536. The fourth-order valence-electron chi connectivity index (χ4n) is 3.71. The summed E-state index contributed by atoms with van der Waals surface area (Å²) in [7, 11) is 1.86. The zero-order chi connectivity index (χ0) is 18.8. The fraction of sp³-hybridized carbons (Fsp3) is 0.273. The van der Waals surface area contributed by atoms with E-state index in [0.717, 1.165) is 12.8 Å². The molecule has 4 rings (SSSR count). The van der Waals surface area contributed by atoms with Crippen molar-refractivity contribution in [3.8, 4) is 11.3 Å². The van der Waals surface area contributed by atoms with E-state index >= 15 is 0 Å². The zero-order valence-corrected chi connectivity index (χ0v) is 15.2. The Kier molecular flexibility index (Phi) is 4.75. The monoisotopic (exact) mass is 364 g/mol. The molecule has 1 unspecified atom stereocenters. The summed E-state index contributed by atoms with van der Waals surface area (Å²) >= 11 is 0. The Morgan fingerprint density at radius 2 is 2.00 bits per heavy atom. The molecule has 4 nitrogen and oxygen atoms in total. The van der Waals surface area contributed by atoms with Crippen molar-refractivity contribution in [2.45, 2.75) is 31.7 Å². The summed E-state index contributed by atoms with van der Waals surface area (Å²) in [6.45, 7) is 0. The van der Waals surface area contributed by atoms with Crippen LogP contribution in [0.2, 0.25) is 0 Å². The van der Waals surface area contributed by atoms with Crippen molar-refractivity contribution in [2.24, 2.45) is 0 Å². The number of oxazole rings is 1. The maximum absolute atomic E-state index is 13.8. The number of aryl methyl sites for hydroxylation is 2. The maximum Gasteiger partial charge on any atom is 0.223 e. The van der Waals surface area contributed by atoms with E-state index in [1.807, 2.05) is 24.1 Å². The van der Waals surface area contributed by atoms with E-state index < -0.39 is 0 Å². The Labute approximate surface area is 157 Å². The molecule has 2 aromatic carbocycles. The number of aromatic nitrogens is 1. The van der Waals surface area contributed by atoms with Gasteiger partial charge in [-0.05, 0) is 36.1 Å². The number of hydrogen-bond donors (Lipinski definition) is 0. The highest BCUT2D eigenvalue weighted by molar-refractivity contribution is 5.76. The molecule has 138 valence electrons. The lowest BCUT2D eigenvalue weighted by Gasteiger charge is -2.25. The van der Waals surface area contributed by atoms with Gasteiger partial charge < -0.3 is 9.32 Å². The summed E-state index contributed by atoms with van der Waals surface area (Å²) < 4.78 is 19.5. The number of rotatable bonds is 5. The lowest BCUT2D eigenvalue weighted by atomic mass is 10.1. The molecule has 1 aliphatic carbocycles. The molecule has 0 fully saturated rings. The summed E-state index contributed by atoms with van der Waals surface area (Å²) in [5.41, 5.74) is 2.94. The van der Waals surface area contributed by atoms with Crippen LogP contribution >= 0.6 is 0 Å². The van der Waals surface area contributed by atoms with Crippen LogP contribution < -0.4 is 0 Å². The Bertz CT molecular complexity index is 966. The van der Waals surface area contributed by atoms with E-state index in [1.165, 1.54) is 23.4 Å². The number of halogens is 1. The van der Waals surface area contributed by atoms with Crippen molar-refractivity contribution in [1.29, 1.82) is 0 Å². The largest absolute Gasteiger partial charge is 0.441 e. The van der Waals surface area contributed by atoms with Crippen molar-refractivity contribution in [1.82, 2.24) is 9.88 Å². The predicted molar refractivity (Wildman–Crippen MR) is 100 cm³/mol. The molecule has 1 aliphatic rings. The molecule has 0 radical (unpaired) electrons. The Morgan fingerprint density at radius 1 is 1.22 bits per heavy atom. The maximum atomic E-state index is 13.8. The average molecular weight is 364 g/mol. The minimum absolute atomic E-state index is 0.0577. The normalized spacial score (nSPS) is 15.6. The third-order valence-electron chi connectivity index (χ3n) is 5.21. The Hall–Kier alpha value is -2.95. The number of amides is 1. The van der Waals surface area contributed by atoms with Gasteiger partial charge in [-0.2, -0.15) is 0 Å². The lowest BCUT2D eigenvalue weighted by molar-refractivity contribution is -0.132. The van der Waals surface area contributed by atoms with Gasteiger partial charge in [-0.15, -0.1) is 0 Å². The number of carbonyl (C=O) groups excluding carboxylic acids is 1. The first-order chi connectivity index (χ1) is 13.1. The van der Waals surface area contributed by atoms with Gasteiger partial charge in [0.2, 0.25) is 5.91 Å². The molecule has 0 saturated carbocycles. The van der Waals surface area contributed by atoms with Gasteiger partial charge in [0.05, 0.1) is 17.8 Å². The van der Waals surface area contributed by atoms with Crippen molar-refractivity contribution in [3.05, 3.63) is 77.6 Å². The third kappa shape index (κ3) is 3.50. The van der Waals surface area contributed by atoms with E-state index in [9.17, 15) is 9.18 Å². The summed E-state index contributed by atoms with van der Waals surface area (Å²) in [6, 6.07) is 14.8. The van der Waals surface area contributed by atoms with Crippen LogP contribution in [0, 0.1) is 5.82 Å². The molecule has 0 bridgehead atoms. The van der Waals surface area contributed by atoms with Crippen LogP contribution in [0.5, 0.6) is 0 Å². The number of hydrogen-bond acceptors (Lipinski definition) is 3. The minimum Gasteiger partial charge on any atom is -0.441 e. The molecule has 1 aromatic heterocycles. The topological polar surface area (TPSA) is 46.3 Å². The molecule has 0 spiro atoms. The SMILES string of the molecule is CN(C(=O)CCc1ncc(-c2ccccc2F)o1)C1CCc2ccccc21. The smallest absolute Gasteiger partial charge is 0.223 e. The van der Waals surface area contributed by atoms with E-state index in [2.05, 4.69) is 17.1 Å². The van der Waals surface area contributed by atoms with Crippen LogP contribution in [0.3, 0.4) is 0 Å². The summed E-state index contributed by atoms with van der Waals surface area (Å²) in [4.78, 5) is 18.7. The van der Waals surface area contributed by atoms with Gasteiger partial charge in [-0.25, -0.2) is 9.37 Å². The molecule has 0 saturated heterocycles. The molecular weight excluding hydrogens is 343 g/mol. The van der Waals surface area contributed by atoms with Crippen molar-refractivity contribution >= 4 is 5.91 Å². The fourth-order valence-corrected chi connectivity index (χ4v) is 3.71. The lowest BCUT2D eigenvalue weighted by Crippen LogP contribution is -2.30. The highest BCUT2D eigenvalue weighted by atomic mass is 19.1. The van der Waals surface area contributed by atoms with Crippen LogP contribution in [0.25, 0.3) is 11.3 Å². The number of fused-ring (bicyclic) bond motifs is 1. The summed E-state index contributed by atoms with van der Waals surface area (Å²) in [6.07, 6.45) is 4.18. The predicted octanol–water partition coefficient (Wildman–Crippen LogP) is 4.56. The first-order valence-corrected chi connectivity index (χ1v) is 9.16. The third-order valence-corrected chi connectivity index (χ3v) is 5.21. The van der Waals surface area contributed by atoms with Gasteiger partial charge in [0.15, 0.2) is 11.7 Å². The average Bonchev–Trinajstić information content (AvgIpc) is 3.33. The number of carbonyl (C=O) groups is 1. The van der Waals surface area contributed by atoms with Crippen molar-refractivity contribution < 1.29 is 13.6 Å². The number of nitrogens with zero attached hydrogens (tertiary/aromatic N) is 2. The Balaban J connectivity index is 1.39. The highest BCUT2D eigenvalue weighted by Crippen LogP contribution is 2.35. The second-order valence-corrected chi connectivity index (χ2v) is 6.86. The van der Waals surface area contributed by atoms with Crippen molar-refractivity contribution in [3.63, 3.8) is 0 Å². The second kappa shape index (κ2) is 7.35. The van der Waals surface area contributed by atoms with Crippen LogP contribution in [0.4, 0.5) is 4.39 Å². The van der Waals surface area contributed by atoms with Gasteiger partial charge in [-0.1, -0.05) is 36.4 Å². The van der Waals surface area contributed by atoms with E-state index in [-0.39, 0.29) is 17.8 Å². The quantitative estimate of drug-likeness (QED) is 0.667. The molecule has 3 aromatic rings. The standard InChI is InChI=1S/C22H21FN2O2/c1-25(19-11-10-15-6-2-3-7-16(15)19)22(26)13-12-21-24-14-20(27-21)17-8-4-5-9-18(17)23/h2-9,14,19H,10-13H2,1H3. The molecule has 0 aliphatic heterocycles. The number of benzene rings is 2. The molecule has 1 atom stereocenters. The van der Waals surface area contributed by atoms with Crippen LogP contribution in [-0.2, 0) is 17.6 Å². The first-order valence-electron chi connectivity index (χ1n) is 9.16. The van der Waals surface area contributed by atoms with Gasteiger partial charge in [0.1, 0.15) is 5.82 Å². The molecule has 27 heavy (non-hydrogen) atoms. The minimum atomic E-state index is -0.351. The molecule has 5 heteroatoms. The molecule has 0 N–H and O–H groups in total. The van der Waals surface area contributed by atoms with Gasteiger partial charge >= 0.3 is 0 Å². The van der Waals surface area contributed by atoms with Crippen LogP contribution in [0.15, 0.2) is 59.1 Å². The molecule has 1 heterocycles. The zero-order valence-electron chi connectivity index (χ0n) is 15.2.